The Labute approximate surface area is 198 Å². The molecule has 1 saturated heterocycles. The Hall–Kier alpha value is -2.16. The number of likely N-dealkylation sites (tertiary alicyclic amines) is 1. The molecule has 1 aliphatic rings. The number of carbonyl (C=O) groups is 1. The maximum atomic E-state index is 13.2. The molecule has 1 amide bonds. The first-order valence-corrected chi connectivity index (χ1v) is 14.6. The van der Waals surface area contributed by atoms with Crippen LogP contribution in [0.4, 0.5) is 4.79 Å². The molecule has 2 heterocycles. The van der Waals surface area contributed by atoms with E-state index in [-0.39, 0.29) is 17.7 Å². The minimum atomic E-state index is -2.04. The molecule has 0 radical (unpaired) electrons. The molecule has 0 spiro atoms. The first-order valence-electron chi connectivity index (χ1n) is 11.6. The van der Waals surface area contributed by atoms with E-state index in [1.807, 2.05) is 51.2 Å². The van der Waals surface area contributed by atoms with Crippen LogP contribution in [0.3, 0.4) is 0 Å². The summed E-state index contributed by atoms with van der Waals surface area (Å²) in [5, 5.41) is 15.9. The Morgan fingerprint density at radius 2 is 1.88 bits per heavy atom. The van der Waals surface area contributed by atoms with Crippen molar-refractivity contribution in [2.45, 2.75) is 84.0 Å². The normalized spacial score (nSPS) is 20.2. The summed E-state index contributed by atoms with van der Waals surface area (Å²) in [6.07, 6.45) is -0.881. The van der Waals surface area contributed by atoms with Crippen LogP contribution >= 0.6 is 0 Å². The van der Waals surface area contributed by atoms with Gasteiger partial charge in [0.25, 0.3) is 0 Å². The third-order valence-electron chi connectivity index (χ3n) is 7.24. The van der Waals surface area contributed by atoms with Gasteiger partial charge >= 0.3 is 6.09 Å². The molecule has 33 heavy (non-hydrogen) atoms. The molecular formula is C25H39N3O4Si. The number of amides is 1. The zero-order valence-corrected chi connectivity index (χ0v) is 22.3. The molecule has 1 aliphatic heterocycles. The lowest BCUT2D eigenvalue weighted by Crippen LogP contribution is -2.45. The Balaban J connectivity index is 1.83. The average Bonchev–Trinajstić information content (AvgIpc) is 3.25. The second-order valence-corrected chi connectivity index (χ2v) is 15.4. The minimum Gasteiger partial charge on any atom is -0.445 e. The molecule has 2 aromatic rings. The van der Waals surface area contributed by atoms with E-state index < -0.39 is 26.6 Å². The summed E-state index contributed by atoms with van der Waals surface area (Å²) in [6.45, 7) is 15.5. The fourth-order valence-electron chi connectivity index (χ4n) is 4.23. The summed E-state index contributed by atoms with van der Waals surface area (Å²) < 4.78 is 14.1. The lowest BCUT2D eigenvalue weighted by molar-refractivity contribution is 0.0471. The maximum absolute atomic E-state index is 13.2. The highest BCUT2D eigenvalue weighted by Gasteiger charge is 2.46. The highest BCUT2D eigenvalue weighted by Crippen LogP contribution is 2.40. The topological polar surface area (TPSA) is 76.8 Å². The molecule has 0 saturated carbocycles. The zero-order valence-electron chi connectivity index (χ0n) is 21.3. The molecule has 0 bridgehead atoms. The van der Waals surface area contributed by atoms with Crippen LogP contribution in [0.1, 0.15) is 55.8 Å². The van der Waals surface area contributed by atoms with E-state index in [0.29, 0.717) is 13.0 Å². The van der Waals surface area contributed by atoms with Crippen LogP contribution in [-0.4, -0.2) is 52.9 Å². The van der Waals surface area contributed by atoms with E-state index in [2.05, 4.69) is 39.0 Å². The van der Waals surface area contributed by atoms with Crippen molar-refractivity contribution in [2.75, 3.05) is 6.54 Å². The van der Waals surface area contributed by atoms with Gasteiger partial charge < -0.3 is 14.3 Å². The van der Waals surface area contributed by atoms with E-state index in [4.69, 9.17) is 9.16 Å². The molecule has 1 aromatic carbocycles. The van der Waals surface area contributed by atoms with Crippen LogP contribution in [0, 0.1) is 13.8 Å². The van der Waals surface area contributed by atoms with Gasteiger partial charge in [0.1, 0.15) is 12.7 Å². The van der Waals surface area contributed by atoms with Crippen molar-refractivity contribution in [3.8, 4) is 0 Å². The number of hydrogen-bond donors (Lipinski definition) is 1. The van der Waals surface area contributed by atoms with E-state index in [0.717, 1.165) is 22.5 Å². The second kappa shape index (κ2) is 9.60. The van der Waals surface area contributed by atoms with Gasteiger partial charge in [-0.1, -0.05) is 51.1 Å². The molecule has 8 heteroatoms. The molecule has 1 fully saturated rings. The van der Waals surface area contributed by atoms with E-state index >= 15 is 0 Å². The van der Waals surface area contributed by atoms with Crippen molar-refractivity contribution in [2.24, 2.45) is 7.05 Å². The Morgan fingerprint density at radius 3 is 2.42 bits per heavy atom. The Bertz CT molecular complexity index is 968. The quantitative estimate of drug-likeness (QED) is 0.606. The largest absolute Gasteiger partial charge is 0.445 e. The smallest absolute Gasteiger partial charge is 0.410 e. The van der Waals surface area contributed by atoms with Crippen molar-refractivity contribution in [1.82, 2.24) is 14.7 Å². The number of aryl methyl sites for hydroxylation is 2. The molecule has 7 nitrogen and oxygen atoms in total. The third-order valence-corrected chi connectivity index (χ3v) is 11.8. The lowest BCUT2D eigenvalue weighted by atomic mass is 9.98. The predicted octanol–water partition coefficient (Wildman–Crippen LogP) is 4.87. The zero-order chi connectivity index (χ0) is 24.6. The van der Waals surface area contributed by atoms with Crippen LogP contribution in [0.25, 0.3) is 0 Å². The molecule has 1 aromatic heterocycles. The number of aromatic nitrogens is 2. The molecule has 0 aliphatic carbocycles. The van der Waals surface area contributed by atoms with Gasteiger partial charge in [-0.3, -0.25) is 9.58 Å². The number of carbonyl (C=O) groups excluding carboxylic acids is 1. The Kier molecular flexibility index (Phi) is 7.41. The van der Waals surface area contributed by atoms with Gasteiger partial charge in [0.05, 0.1) is 17.8 Å². The van der Waals surface area contributed by atoms with E-state index in [9.17, 15) is 9.90 Å². The van der Waals surface area contributed by atoms with Crippen molar-refractivity contribution in [1.29, 1.82) is 0 Å². The summed E-state index contributed by atoms with van der Waals surface area (Å²) in [7, 11) is -0.180. The first kappa shape index (κ1) is 25.5. The number of ether oxygens (including phenoxy) is 1. The van der Waals surface area contributed by atoms with Crippen LogP contribution in [0.2, 0.25) is 18.1 Å². The van der Waals surface area contributed by atoms with Gasteiger partial charge in [-0.05, 0) is 44.0 Å². The van der Waals surface area contributed by atoms with Crippen molar-refractivity contribution in [3.05, 3.63) is 52.8 Å². The van der Waals surface area contributed by atoms with Gasteiger partial charge in [0.2, 0.25) is 0 Å². The standard InChI is InChI=1S/C25H39N3O4Si/c1-17-22(18(2)27(6)26-17)23(29)21-14-20(32-33(7,8)25(3,4)5)15-28(21)24(30)31-16-19-12-10-9-11-13-19/h9-13,20-21,23,29H,14-16H2,1-8H3/t20-,21+,23?/m0/s1. The van der Waals surface area contributed by atoms with Gasteiger partial charge in [0, 0.05) is 24.8 Å². The van der Waals surface area contributed by atoms with Crippen molar-refractivity contribution < 1.29 is 19.1 Å². The number of hydrogen-bond acceptors (Lipinski definition) is 5. The number of aliphatic hydroxyl groups excluding tert-OH is 1. The average molecular weight is 474 g/mol. The number of aliphatic hydroxyl groups is 1. The minimum absolute atomic E-state index is 0.0544. The van der Waals surface area contributed by atoms with Gasteiger partial charge in [-0.15, -0.1) is 0 Å². The summed E-state index contributed by atoms with van der Waals surface area (Å²) in [4.78, 5) is 14.8. The predicted molar refractivity (Wildman–Crippen MR) is 131 cm³/mol. The van der Waals surface area contributed by atoms with Gasteiger partial charge in [-0.2, -0.15) is 5.10 Å². The van der Waals surface area contributed by atoms with E-state index in [1.54, 1.807) is 9.58 Å². The summed E-state index contributed by atoms with van der Waals surface area (Å²) in [5.74, 6) is 0. The Morgan fingerprint density at radius 1 is 1.24 bits per heavy atom. The molecule has 1 unspecified atom stereocenters. The SMILES string of the molecule is Cc1nn(C)c(C)c1C(O)[C@H]1C[C@H](O[Si](C)(C)C(C)(C)C)CN1C(=O)OCc1ccccc1. The summed E-state index contributed by atoms with van der Waals surface area (Å²) >= 11 is 0. The van der Waals surface area contributed by atoms with E-state index in [1.165, 1.54) is 0 Å². The van der Waals surface area contributed by atoms with Crippen LogP contribution in [0.5, 0.6) is 0 Å². The maximum Gasteiger partial charge on any atom is 0.410 e. The van der Waals surface area contributed by atoms with Crippen molar-refractivity contribution in [3.63, 3.8) is 0 Å². The highest BCUT2D eigenvalue weighted by atomic mass is 28.4. The van der Waals surface area contributed by atoms with Crippen LogP contribution < -0.4 is 0 Å². The fraction of sp³-hybridized carbons (Fsp3) is 0.600. The van der Waals surface area contributed by atoms with Gasteiger partial charge in [0.15, 0.2) is 8.32 Å². The molecule has 3 rings (SSSR count). The van der Waals surface area contributed by atoms with Crippen LogP contribution in [-0.2, 0) is 22.8 Å². The fourth-order valence-corrected chi connectivity index (χ4v) is 5.58. The molecule has 3 atom stereocenters. The molecule has 1 N–H and O–H groups in total. The molecular weight excluding hydrogens is 434 g/mol. The van der Waals surface area contributed by atoms with Crippen molar-refractivity contribution >= 4 is 14.4 Å². The monoisotopic (exact) mass is 473 g/mol. The first-order chi connectivity index (χ1) is 15.3. The summed E-state index contributed by atoms with van der Waals surface area (Å²) in [5.41, 5.74) is 3.37. The molecule has 182 valence electrons. The third kappa shape index (κ3) is 5.50. The number of nitrogens with zero attached hydrogens (tertiary/aromatic N) is 3. The van der Waals surface area contributed by atoms with Gasteiger partial charge in [-0.25, -0.2) is 4.79 Å². The number of rotatable bonds is 6. The number of benzene rings is 1. The lowest BCUT2D eigenvalue weighted by Gasteiger charge is -2.38. The summed E-state index contributed by atoms with van der Waals surface area (Å²) in [6, 6.07) is 9.18. The second-order valence-electron chi connectivity index (χ2n) is 10.6. The van der Waals surface area contributed by atoms with Crippen LogP contribution in [0.15, 0.2) is 30.3 Å². The highest BCUT2D eigenvalue weighted by molar-refractivity contribution is 6.74.